The van der Waals surface area contributed by atoms with Crippen molar-refractivity contribution in [2.75, 3.05) is 13.3 Å². The van der Waals surface area contributed by atoms with Crippen LogP contribution in [0.15, 0.2) is 18.2 Å². The molecule has 0 spiro atoms. The zero-order chi connectivity index (χ0) is 16.4. The number of carbonyl (C=O) groups is 1. The third-order valence-electron chi connectivity index (χ3n) is 5.29. The van der Waals surface area contributed by atoms with E-state index in [1.165, 1.54) is 12.8 Å². The summed E-state index contributed by atoms with van der Waals surface area (Å²) in [6.07, 6.45) is 3.49. The molecule has 0 amide bonds. The van der Waals surface area contributed by atoms with Crippen LogP contribution in [0.2, 0.25) is 0 Å². The maximum absolute atomic E-state index is 11.3. The lowest BCUT2D eigenvalue weighted by atomic mass is 9.77. The molecule has 0 unspecified atom stereocenters. The first-order chi connectivity index (χ1) is 11.0. The van der Waals surface area contributed by atoms with Crippen molar-refractivity contribution in [3.8, 4) is 11.5 Å². The van der Waals surface area contributed by atoms with Crippen LogP contribution in [0.25, 0.3) is 0 Å². The number of ether oxygens (including phenoxy) is 2. The van der Waals surface area contributed by atoms with E-state index in [0.29, 0.717) is 24.4 Å². The van der Waals surface area contributed by atoms with Gasteiger partial charge in [0.2, 0.25) is 6.79 Å². The zero-order valence-electron chi connectivity index (χ0n) is 13.8. The van der Waals surface area contributed by atoms with E-state index >= 15 is 0 Å². The van der Waals surface area contributed by atoms with Gasteiger partial charge in [0.25, 0.3) is 0 Å². The molecule has 23 heavy (non-hydrogen) atoms. The minimum absolute atomic E-state index is 0.0795. The lowest BCUT2D eigenvalue weighted by Gasteiger charge is -2.41. The van der Waals surface area contributed by atoms with E-state index in [1.54, 1.807) is 0 Å². The van der Waals surface area contributed by atoms with Gasteiger partial charge in [-0.3, -0.25) is 9.69 Å². The molecule has 0 radical (unpaired) electrons. The molecule has 1 N–H and O–H groups in total. The van der Waals surface area contributed by atoms with Gasteiger partial charge in [-0.2, -0.15) is 0 Å². The van der Waals surface area contributed by atoms with Crippen molar-refractivity contribution >= 4 is 5.97 Å². The van der Waals surface area contributed by atoms with Crippen molar-refractivity contribution in [3.05, 3.63) is 23.8 Å². The van der Waals surface area contributed by atoms with Crippen LogP contribution in [-0.2, 0) is 11.3 Å². The fourth-order valence-electron chi connectivity index (χ4n) is 3.81. The number of rotatable bonds is 5. The smallest absolute Gasteiger partial charge is 0.317 e. The molecule has 3 atom stereocenters. The van der Waals surface area contributed by atoms with E-state index in [-0.39, 0.29) is 13.3 Å². The Labute approximate surface area is 137 Å². The third kappa shape index (κ3) is 3.61. The summed E-state index contributed by atoms with van der Waals surface area (Å²) < 4.78 is 10.8. The highest BCUT2D eigenvalue weighted by Crippen LogP contribution is 2.35. The molecule has 1 aliphatic carbocycles. The molecule has 1 aliphatic heterocycles. The van der Waals surface area contributed by atoms with Gasteiger partial charge in [0.05, 0.1) is 6.54 Å². The number of carboxylic acids is 1. The van der Waals surface area contributed by atoms with Crippen LogP contribution in [0.1, 0.15) is 38.7 Å². The summed E-state index contributed by atoms with van der Waals surface area (Å²) in [6, 6.07) is 6.19. The highest BCUT2D eigenvalue weighted by atomic mass is 16.7. The van der Waals surface area contributed by atoms with Crippen molar-refractivity contribution in [1.29, 1.82) is 0 Å². The van der Waals surface area contributed by atoms with Gasteiger partial charge < -0.3 is 14.6 Å². The molecule has 0 aromatic heterocycles. The van der Waals surface area contributed by atoms with E-state index in [0.717, 1.165) is 23.5 Å². The van der Waals surface area contributed by atoms with E-state index in [9.17, 15) is 9.90 Å². The summed E-state index contributed by atoms with van der Waals surface area (Å²) in [5, 5.41) is 9.31. The molecule has 0 saturated heterocycles. The second kappa shape index (κ2) is 6.79. The Balaban J connectivity index is 1.77. The standard InChI is InChI=1S/C18H25NO4/c1-12-4-3-5-15(13(12)2)19(10-18(20)21)9-14-6-7-16-17(8-14)23-11-22-16/h6-8,12-13,15H,3-5,9-11H2,1-2H3,(H,20,21)/t12-,13-,15-/m1/s1. The monoisotopic (exact) mass is 319 g/mol. The number of hydrogen-bond donors (Lipinski definition) is 1. The molecule has 1 aromatic rings. The fourth-order valence-corrected chi connectivity index (χ4v) is 3.81. The summed E-state index contributed by atoms with van der Waals surface area (Å²) in [5.41, 5.74) is 1.07. The van der Waals surface area contributed by atoms with Crippen molar-refractivity contribution in [2.45, 2.75) is 45.7 Å². The first-order valence-electron chi connectivity index (χ1n) is 8.39. The third-order valence-corrected chi connectivity index (χ3v) is 5.29. The molecule has 126 valence electrons. The van der Waals surface area contributed by atoms with Crippen LogP contribution >= 0.6 is 0 Å². The quantitative estimate of drug-likeness (QED) is 0.903. The fraction of sp³-hybridized carbons (Fsp3) is 0.611. The maximum atomic E-state index is 11.3. The lowest BCUT2D eigenvalue weighted by molar-refractivity contribution is -0.139. The van der Waals surface area contributed by atoms with Gasteiger partial charge in [0.1, 0.15) is 0 Å². The predicted octanol–water partition coefficient (Wildman–Crippen LogP) is 3.13. The highest BCUT2D eigenvalue weighted by Gasteiger charge is 2.32. The first kappa shape index (κ1) is 16.1. The number of aliphatic carboxylic acids is 1. The Kier molecular flexibility index (Phi) is 4.76. The van der Waals surface area contributed by atoms with E-state index in [1.807, 2.05) is 18.2 Å². The Morgan fingerprint density at radius 2 is 2.04 bits per heavy atom. The van der Waals surface area contributed by atoms with Crippen LogP contribution in [0.5, 0.6) is 11.5 Å². The first-order valence-corrected chi connectivity index (χ1v) is 8.39. The summed E-state index contributed by atoms with van der Waals surface area (Å²) >= 11 is 0. The summed E-state index contributed by atoms with van der Waals surface area (Å²) in [6.45, 7) is 5.50. The Morgan fingerprint density at radius 1 is 1.26 bits per heavy atom. The van der Waals surface area contributed by atoms with Crippen LogP contribution in [0.3, 0.4) is 0 Å². The Bertz CT molecular complexity index is 574. The maximum Gasteiger partial charge on any atom is 0.317 e. The topological polar surface area (TPSA) is 59.0 Å². The molecule has 5 heteroatoms. The van der Waals surface area contributed by atoms with Crippen molar-refractivity contribution in [1.82, 2.24) is 4.90 Å². The van der Waals surface area contributed by atoms with E-state index < -0.39 is 5.97 Å². The van der Waals surface area contributed by atoms with Gasteiger partial charge in [-0.05, 0) is 36.0 Å². The second-order valence-electron chi connectivity index (χ2n) is 6.82. The largest absolute Gasteiger partial charge is 0.480 e. The lowest BCUT2D eigenvalue weighted by Crippen LogP contribution is -2.45. The average molecular weight is 319 g/mol. The van der Waals surface area contributed by atoms with Crippen molar-refractivity contribution in [3.63, 3.8) is 0 Å². The van der Waals surface area contributed by atoms with Crippen molar-refractivity contribution in [2.24, 2.45) is 11.8 Å². The van der Waals surface area contributed by atoms with Crippen LogP contribution < -0.4 is 9.47 Å². The molecule has 0 bridgehead atoms. The second-order valence-corrected chi connectivity index (χ2v) is 6.82. The van der Waals surface area contributed by atoms with E-state index in [2.05, 4.69) is 18.7 Å². The molecule has 1 heterocycles. The number of benzene rings is 1. The minimum Gasteiger partial charge on any atom is -0.480 e. The minimum atomic E-state index is -0.767. The molecule has 1 aromatic carbocycles. The van der Waals surface area contributed by atoms with Crippen molar-refractivity contribution < 1.29 is 19.4 Å². The van der Waals surface area contributed by atoms with Gasteiger partial charge in [-0.1, -0.05) is 32.8 Å². The van der Waals surface area contributed by atoms with Crippen LogP contribution in [-0.4, -0.2) is 35.4 Å². The Hall–Kier alpha value is -1.75. The van der Waals surface area contributed by atoms with Crippen LogP contribution in [0, 0.1) is 11.8 Å². The van der Waals surface area contributed by atoms with Gasteiger partial charge >= 0.3 is 5.97 Å². The number of carboxylic acid groups (broad SMARTS) is 1. The Morgan fingerprint density at radius 3 is 2.83 bits per heavy atom. The predicted molar refractivity (Wildman–Crippen MR) is 86.6 cm³/mol. The zero-order valence-corrected chi connectivity index (χ0v) is 13.8. The molecule has 1 saturated carbocycles. The normalized spacial score (nSPS) is 26.5. The number of fused-ring (bicyclic) bond motifs is 1. The van der Waals surface area contributed by atoms with Gasteiger partial charge in [-0.25, -0.2) is 0 Å². The van der Waals surface area contributed by atoms with Gasteiger partial charge in [-0.15, -0.1) is 0 Å². The molecular formula is C18H25NO4. The summed E-state index contributed by atoms with van der Waals surface area (Å²) in [7, 11) is 0. The number of nitrogens with zero attached hydrogens (tertiary/aromatic N) is 1. The van der Waals surface area contributed by atoms with Gasteiger partial charge in [0, 0.05) is 12.6 Å². The SMILES string of the molecule is C[C@@H]1[C@H](C)CCC[C@H]1N(CC(=O)O)Cc1ccc2c(c1)OCO2. The van der Waals surface area contributed by atoms with E-state index in [4.69, 9.17) is 9.47 Å². The summed E-state index contributed by atoms with van der Waals surface area (Å²) in [5.74, 6) is 1.90. The average Bonchev–Trinajstić information content (AvgIpc) is 2.96. The summed E-state index contributed by atoms with van der Waals surface area (Å²) in [4.78, 5) is 13.4. The molecule has 1 fully saturated rings. The highest BCUT2D eigenvalue weighted by molar-refractivity contribution is 5.69. The molecule has 5 nitrogen and oxygen atoms in total. The van der Waals surface area contributed by atoms with Gasteiger partial charge in [0.15, 0.2) is 11.5 Å². The number of hydrogen-bond acceptors (Lipinski definition) is 4. The molecule has 2 aliphatic rings. The van der Waals surface area contributed by atoms with Crippen LogP contribution in [0.4, 0.5) is 0 Å². The molecular weight excluding hydrogens is 294 g/mol. The molecule has 3 rings (SSSR count).